The summed E-state index contributed by atoms with van der Waals surface area (Å²) in [6, 6.07) is 13.2. The number of hydrogen-bond donors (Lipinski definition) is 2. The second-order valence-corrected chi connectivity index (χ2v) is 6.48. The van der Waals surface area contributed by atoms with Gasteiger partial charge in [0.15, 0.2) is 11.5 Å². The number of nitrogens with zero attached hydrogens (tertiary/aromatic N) is 1. The lowest BCUT2D eigenvalue weighted by Crippen LogP contribution is -2.38. The minimum atomic E-state index is -0.810. The highest BCUT2D eigenvalue weighted by Crippen LogP contribution is 2.38. The lowest BCUT2D eigenvalue weighted by Gasteiger charge is -2.15. The van der Waals surface area contributed by atoms with Crippen molar-refractivity contribution < 1.29 is 23.8 Å². The van der Waals surface area contributed by atoms with Gasteiger partial charge in [0.2, 0.25) is 5.75 Å². The molecule has 8 heteroatoms. The van der Waals surface area contributed by atoms with Gasteiger partial charge in [0.05, 0.1) is 20.4 Å². The Balaban J connectivity index is 1.67. The molecule has 2 N–H and O–H groups in total. The molecule has 0 atom stereocenters. The van der Waals surface area contributed by atoms with E-state index in [1.807, 2.05) is 30.3 Å². The third-order valence-electron chi connectivity index (χ3n) is 4.21. The van der Waals surface area contributed by atoms with Gasteiger partial charge in [0, 0.05) is 11.6 Å². The normalized spacial score (nSPS) is 13.0. The van der Waals surface area contributed by atoms with Gasteiger partial charge in [0.25, 0.3) is 0 Å². The fraction of sp³-hybridized carbons (Fsp3) is 0.286. The van der Waals surface area contributed by atoms with Crippen LogP contribution >= 0.6 is 0 Å². The SMILES string of the molecule is COc1cc(/C=N\NC(=O)C(=O)NC2CC2)cc(OC)c1OCc1ccccc1. The lowest BCUT2D eigenvalue weighted by molar-refractivity contribution is -0.139. The van der Waals surface area contributed by atoms with Crippen LogP contribution in [0.25, 0.3) is 0 Å². The van der Waals surface area contributed by atoms with Crippen molar-refractivity contribution in [1.82, 2.24) is 10.7 Å². The molecule has 0 aliphatic heterocycles. The van der Waals surface area contributed by atoms with Crippen LogP contribution in [0.4, 0.5) is 0 Å². The predicted molar refractivity (Wildman–Crippen MR) is 107 cm³/mol. The van der Waals surface area contributed by atoms with Gasteiger partial charge in [-0.3, -0.25) is 9.59 Å². The molecule has 0 radical (unpaired) electrons. The van der Waals surface area contributed by atoms with E-state index in [0.29, 0.717) is 29.4 Å². The molecule has 0 heterocycles. The zero-order valence-corrected chi connectivity index (χ0v) is 16.3. The Labute approximate surface area is 168 Å². The van der Waals surface area contributed by atoms with Gasteiger partial charge in [-0.15, -0.1) is 0 Å². The third kappa shape index (κ3) is 5.71. The lowest BCUT2D eigenvalue weighted by atomic mass is 10.2. The average Bonchev–Trinajstić information content (AvgIpc) is 3.56. The Kier molecular flexibility index (Phi) is 6.67. The van der Waals surface area contributed by atoms with Crippen LogP contribution < -0.4 is 25.0 Å². The Bertz CT molecular complexity index is 869. The van der Waals surface area contributed by atoms with Crippen LogP contribution in [0.2, 0.25) is 0 Å². The summed E-state index contributed by atoms with van der Waals surface area (Å²) in [6.07, 6.45) is 3.20. The van der Waals surface area contributed by atoms with Crippen molar-refractivity contribution >= 4 is 18.0 Å². The largest absolute Gasteiger partial charge is 0.493 e. The van der Waals surface area contributed by atoms with E-state index in [4.69, 9.17) is 14.2 Å². The third-order valence-corrected chi connectivity index (χ3v) is 4.21. The van der Waals surface area contributed by atoms with Gasteiger partial charge in [-0.1, -0.05) is 30.3 Å². The number of methoxy groups -OCH3 is 2. The van der Waals surface area contributed by atoms with Crippen LogP contribution in [0, 0.1) is 0 Å². The topological polar surface area (TPSA) is 98.2 Å². The van der Waals surface area contributed by atoms with Crippen LogP contribution in [-0.4, -0.2) is 38.3 Å². The maximum absolute atomic E-state index is 11.7. The molecule has 0 saturated heterocycles. The van der Waals surface area contributed by atoms with Gasteiger partial charge in [-0.25, -0.2) is 5.43 Å². The Morgan fingerprint density at radius 1 is 1.07 bits per heavy atom. The first kappa shape index (κ1) is 20.2. The molecule has 1 aliphatic rings. The molecule has 152 valence electrons. The summed E-state index contributed by atoms with van der Waals surface area (Å²) in [4.78, 5) is 23.3. The van der Waals surface area contributed by atoms with Crippen LogP contribution in [0.5, 0.6) is 17.2 Å². The van der Waals surface area contributed by atoms with Gasteiger partial charge in [0.1, 0.15) is 6.61 Å². The Morgan fingerprint density at radius 3 is 2.31 bits per heavy atom. The number of benzene rings is 2. The van der Waals surface area contributed by atoms with Crippen molar-refractivity contribution in [2.24, 2.45) is 5.10 Å². The number of amides is 2. The van der Waals surface area contributed by atoms with Crippen LogP contribution in [0.3, 0.4) is 0 Å². The number of carbonyl (C=O) groups excluding carboxylic acids is 2. The average molecular weight is 397 g/mol. The smallest absolute Gasteiger partial charge is 0.329 e. The minimum absolute atomic E-state index is 0.106. The highest BCUT2D eigenvalue weighted by atomic mass is 16.5. The van der Waals surface area contributed by atoms with E-state index >= 15 is 0 Å². The van der Waals surface area contributed by atoms with Crippen molar-refractivity contribution in [3.05, 3.63) is 53.6 Å². The highest BCUT2D eigenvalue weighted by molar-refractivity contribution is 6.35. The first-order chi connectivity index (χ1) is 14.1. The van der Waals surface area contributed by atoms with Crippen molar-refractivity contribution in [3.63, 3.8) is 0 Å². The zero-order chi connectivity index (χ0) is 20.6. The monoisotopic (exact) mass is 397 g/mol. The first-order valence-electron chi connectivity index (χ1n) is 9.17. The van der Waals surface area contributed by atoms with Crippen molar-refractivity contribution in [1.29, 1.82) is 0 Å². The molecular weight excluding hydrogens is 374 g/mol. The number of ether oxygens (including phenoxy) is 3. The van der Waals surface area contributed by atoms with E-state index < -0.39 is 11.8 Å². The molecule has 0 unspecified atom stereocenters. The summed E-state index contributed by atoms with van der Waals surface area (Å²) in [5, 5.41) is 6.42. The fourth-order valence-electron chi connectivity index (χ4n) is 2.54. The number of hydrazone groups is 1. The number of carbonyl (C=O) groups is 2. The van der Waals surface area contributed by atoms with Gasteiger partial charge >= 0.3 is 11.8 Å². The van der Waals surface area contributed by atoms with Crippen LogP contribution in [-0.2, 0) is 16.2 Å². The van der Waals surface area contributed by atoms with Gasteiger partial charge in [-0.2, -0.15) is 5.10 Å². The van der Waals surface area contributed by atoms with E-state index in [-0.39, 0.29) is 6.04 Å². The minimum Gasteiger partial charge on any atom is -0.493 e. The van der Waals surface area contributed by atoms with Crippen molar-refractivity contribution in [3.8, 4) is 17.2 Å². The fourth-order valence-corrected chi connectivity index (χ4v) is 2.54. The first-order valence-corrected chi connectivity index (χ1v) is 9.17. The summed E-state index contributed by atoms with van der Waals surface area (Å²) in [7, 11) is 3.05. The standard InChI is InChI=1S/C21H23N3O5/c1-27-17-10-15(12-22-24-21(26)20(25)23-16-8-9-16)11-18(28-2)19(17)29-13-14-6-4-3-5-7-14/h3-7,10-12,16H,8-9,13H2,1-2H3,(H,23,25)(H,24,26)/b22-12-. The van der Waals surface area contributed by atoms with E-state index in [2.05, 4.69) is 15.8 Å². The van der Waals surface area contributed by atoms with E-state index in [0.717, 1.165) is 18.4 Å². The maximum Gasteiger partial charge on any atom is 0.329 e. The molecular formula is C21H23N3O5. The number of nitrogens with one attached hydrogen (secondary N) is 2. The molecule has 1 saturated carbocycles. The summed E-state index contributed by atoms with van der Waals surface area (Å²) in [5.74, 6) is -0.123. The summed E-state index contributed by atoms with van der Waals surface area (Å²) in [6.45, 7) is 0.354. The maximum atomic E-state index is 11.7. The molecule has 3 rings (SSSR count). The highest BCUT2D eigenvalue weighted by Gasteiger charge is 2.26. The van der Waals surface area contributed by atoms with E-state index in [1.165, 1.54) is 20.4 Å². The molecule has 2 aromatic rings. The van der Waals surface area contributed by atoms with Crippen molar-refractivity contribution in [2.75, 3.05) is 14.2 Å². The molecule has 1 fully saturated rings. The van der Waals surface area contributed by atoms with E-state index in [1.54, 1.807) is 12.1 Å². The summed E-state index contributed by atoms with van der Waals surface area (Å²) >= 11 is 0. The van der Waals surface area contributed by atoms with Gasteiger partial charge < -0.3 is 19.5 Å². The van der Waals surface area contributed by atoms with Gasteiger partial charge in [-0.05, 0) is 30.5 Å². The predicted octanol–water partition coefficient (Wildman–Crippen LogP) is 2.01. The molecule has 29 heavy (non-hydrogen) atoms. The van der Waals surface area contributed by atoms with Crippen LogP contribution in [0.15, 0.2) is 47.6 Å². The van der Waals surface area contributed by atoms with Crippen LogP contribution in [0.1, 0.15) is 24.0 Å². The molecule has 0 aromatic heterocycles. The van der Waals surface area contributed by atoms with Crippen molar-refractivity contribution in [2.45, 2.75) is 25.5 Å². The second kappa shape index (κ2) is 9.59. The molecule has 2 aromatic carbocycles. The quantitative estimate of drug-likeness (QED) is 0.403. The molecule has 0 bridgehead atoms. The molecule has 0 spiro atoms. The summed E-state index contributed by atoms with van der Waals surface area (Å²) in [5.41, 5.74) is 3.82. The summed E-state index contributed by atoms with van der Waals surface area (Å²) < 4.78 is 16.7. The second-order valence-electron chi connectivity index (χ2n) is 6.48. The number of hydrogen-bond acceptors (Lipinski definition) is 6. The zero-order valence-electron chi connectivity index (χ0n) is 16.3. The number of rotatable bonds is 8. The van der Waals surface area contributed by atoms with E-state index in [9.17, 15) is 9.59 Å². The Hall–Kier alpha value is -3.55. The molecule has 8 nitrogen and oxygen atoms in total. The Morgan fingerprint density at radius 2 is 1.72 bits per heavy atom. The molecule has 1 aliphatic carbocycles. The molecule has 2 amide bonds.